The molecule has 1 aromatic heterocycles. The molecule has 0 saturated carbocycles. The highest BCUT2D eigenvalue weighted by Gasteiger charge is 2.14. The monoisotopic (exact) mass is 491 g/mol. The van der Waals surface area contributed by atoms with Crippen molar-refractivity contribution in [3.05, 3.63) is 105 Å². The van der Waals surface area contributed by atoms with Gasteiger partial charge in [-0.25, -0.2) is 4.98 Å². The van der Waals surface area contributed by atoms with Gasteiger partial charge in [0.25, 0.3) is 11.5 Å². The van der Waals surface area contributed by atoms with E-state index in [9.17, 15) is 9.59 Å². The van der Waals surface area contributed by atoms with Crippen LogP contribution in [0.15, 0.2) is 82.7 Å². The number of carbonyl (C=O) groups is 1. The lowest BCUT2D eigenvalue weighted by Crippen LogP contribution is -2.26. The highest BCUT2D eigenvalue weighted by atomic mass is 35.5. The minimum Gasteiger partial charge on any atom is -0.352 e. The van der Waals surface area contributed by atoms with E-state index in [0.29, 0.717) is 45.5 Å². The molecule has 4 aromatic rings. The molecule has 3 aromatic carbocycles. The Morgan fingerprint density at radius 3 is 2.53 bits per heavy atom. The summed E-state index contributed by atoms with van der Waals surface area (Å²) in [5.74, 6) is 0.492. The number of nitrogens with zero attached hydrogens (tertiary/aromatic N) is 2. The van der Waals surface area contributed by atoms with Gasteiger partial charge in [0.2, 0.25) is 0 Å². The Morgan fingerprint density at radius 2 is 1.79 bits per heavy atom. The van der Waals surface area contributed by atoms with Crippen LogP contribution in [0.1, 0.15) is 34.8 Å². The lowest BCUT2D eigenvalue weighted by Gasteiger charge is -2.14. The molecule has 0 atom stereocenters. The van der Waals surface area contributed by atoms with Crippen LogP contribution in [0.2, 0.25) is 5.02 Å². The van der Waals surface area contributed by atoms with Crippen LogP contribution in [0.25, 0.3) is 10.9 Å². The zero-order valence-electron chi connectivity index (χ0n) is 19.0. The van der Waals surface area contributed by atoms with Gasteiger partial charge >= 0.3 is 0 Å². The summed E-state index contributed by atoms with van der Waals surface area (Å²) >= 11 is 7.52. The first-order valence-electron chi connectivity index (χ1n) is 11.3. The van der Waals surface area contributed by atoms with Crippen molar-refractivity contribution in [1.29, 1.82) is 0 Å². The van der Waals surface area contributed by atoms with Gasteiger partial charge in [-0.3, -0.25) is 14.2 Å². The maximum absolute atomic E-state index is 13.5. The van der Waals surface area contributed by atoms with Gasteiger partial charge in [-0.2, -0.15) is 0 Å². The number of rotatable bonds is 9. The van der Waals surface area contributed by atoms with Crippen LogP contribution in [0.4, 0.5) is 0 Å². The first-order valence-corrected chi connectivity index (χ1v) is 12.7. The van der Waals surface area contributed by atoms with Crippen molar-refractivity contribution in [2.75, 3.05) is 6.54 Å². The first-order chi connectivity index (χ1) is 16.5. The molecule has 0 bridgehead atoms. The van der Waals surface area contributed by atoms with Crippen molar-refractivity contribution in [1.82, 2.24) is 14.9 Å². The Labute approximate surface area is 208 Å². The van der Waals surface area contributed by atoms with Gasteiger partial charge in [0.05, 0.1) is 10.9 Å². The maximum Gasteiger partial charge on any atom is 0.262 e. The van der Waals surface area contributed by atoms with Gasteiger partial charge in [0, 0.05) is 29.4 Å². The SMILES string of the molecule is CCCNC(=O)c1ccc2c(=O)n(CCc3ccccc3)c(SCc3ccc(Cl)cc3)nc2c1. The molecule has 5 nitrogen and oxygen atoms in total. The Hall–Kier alpha value is -3.09. The fraction of sp³-hybridized carbons (Fsp3) is 0.222. The number of amides is 1. The number of benzene rings is 3. The highest BCUT2D eigenvalue weighted by Crippen LogP contribution is 2.24. The molecule has 4 rings (SSSR count). The van der Waals surface area contributed by atoms with Crippen LogP contribution < -0.4 is 10.9 Å². The largest absolute Gasteiger partial charge is 0.352 e. The topological polar surface area (TPSA) is 64.0 Å². The number of carbonyl (C=O) groups excluding carboxylic acids is 1. The summed E-state index contributed by atoms with van der Waals surface area (Å²) in [6, 6.07) is 22.8. The number of hydrogen-bond acceptors (Lipinski definition) is 4. The van der Waals surface area contributed by atoms with Gasteiger partial charge in [-0.05, 0) is 54.3 Å². The van der Waals surface area contributed by atoms with Crippen molar-refractivity contribution in [3.8, 4) is 0 Å². The summed E-state index contributed by atoms with van der Waals surface area (Å²) in [5.41, 5.74) is 3.18. The van der Waals surface area contributed by atoms with E-state index in [4.69, 9.17) is 16.6 Å². The Bertz CT molecular complexity index is 1340. The molecule has 0 aliphatic rings. The average molecular weight is 492 g/mol. The zero-order valence-corrected chi connectivity index (χ0v) is 20.5. The van der Waals surface area contributed by atoms with Crippen LogP contribution in [-0.2, 0) is 18.7 Å². The smallest absolute Gasteiger partial charge is 0.262 e. The van der Waals surface area contributed by atoms with Crippen molar-refractivity contribution >= 4 is 40.2 Å². The quantitative estimate of drug-likeness (QED) is 0.240. The molecule has 0 spiro atoms. The second-order valence-electron chi connectivity index (χ2n) is 7.99. The molecule has 1 amide bonds. The predicted octanol–water partition coefficient (Wildman–Crippen LogP) is 5.72. The summed E-state index contributed by atoms with van der Waals surface area (Å²) in [4.78, 5) is 30.7. The third kappa shape index (κ3) is 5.88. The molecule has 34 heavy (non-hydrogen) atoms. The van der Waals surface area contributed by atoms with Gasteiger partial charge in [0.15, 0.2) is 5.16 Å². The number of halogens is 1. The number of hydrogen-bond donors (Lipinski definition) is 1. The van der Waals surface area contributed by atoms with Gasteiger partial charge in [0.1, 0.15) is 0 Å². The molecule has 1 heterocycles. The van der Waals surface area contributed by atoms with E-state index in [-0.39, 0.29) is 11.5 Å². The minimum atomic E-state index is -0.158. The molecule has 0 radical (unpaired) electrons. The van der Waals surface area contributed by atoms with E-state index in [1.165, 1.54) is 11.8 Å². The molecule has 174 valence electrons. The molecular formula is C27H26ClN3O2S. The zero-order chi connectivity index (χ0) is 23.9. The fourth-order valence-corrected chi connectivity index (χ4v) is 4.71. The van der Waals surface area contributed by atoms with E-state index in [1.54, 1.807) is 22.8 Å². The number of aromatic nitrogens is 2. The molecular weight excluding hydrogens is 466 g/mol. The fourth-order valence-electron chi connectivity index (χ4n) is 3.60. The van der Waals surface area contributed by atoms with E-state index >= 15 is 0 Å². The average Bonchev–Trinajstić information content (AvgIpc) is 2.86. The molecule has 0 unspecified atom stereocenters. The normalized spacial score (nSPS) is 11.0. The lowest BCUT2D eigenvalue weighted by molar-refractivity contribution is 0.0954. The lowest BCUT2D eigenvalue weighted by atomic mass is 10.1. The second kappa shape index (κ2) is 11.4. The number of thioether (sulfide) groups is 1. The molecule has 0 saturated heterocycles. The minimum absolute atomic E-state index is 0.0972. The maximum atomic E-state index is 13.5. The highest BCUT2D eigenvalue weighted by molar-refractivity contribution is 7.98. The van der Waals surface area contributed by atoms with Crippen LogP contribution in [0, 0.1) is 0 Å². The van der Waals surface area contributed by atoms with Gasteiger partial charge in [-0.15, -0.1) is 0 Å². The van der Waals surface area contributed by atoms with E-state index in [2.05, 4.69) is 17.4 Å². The second-order valence-corrected chi connectivity index (χ2v) is 9.37. The van der Waals surface area contributed by atoms with Crippen LogP contribution in [0.5, 0.6) is 0 Å². The van der Waals surface area contributed by atoms with Crippen LogP contribution >= 0.6 is 23.4 Å². The van der Waals surface area contributed by atoms with Crippen LogP contribution in [-0.4, -0.2) is 22.0 Å². The third-order valence-corrected chi connectivity index (χ3v) is 6.77. The van der Waals surface area contributed by atoms with E-state index in [0.717, 1.165) is 24.0 Å². The summed E-state index contributed by atoms with van der Waals surface area (Å²) in [6.07, 6.45) is 1.58. The van der Waals surface area contributed by atoms with E-state index in [1.807, 2.05) is 49.4 Å². The predicted molar refractivity (Wildman–Crippen MR) is 140 cm³/mol. The van der Waals surface area contributed by atoms with Crippen molar-refractivity contribution < 1.29 is 4.79 Å². The third-order valence-electron chi connectivity index (χ3n) is 5.47. The number of fused-ring (bicyclic) bond motifs is 1. The van der Waals surface area contributed by atoms with Crippen molar-refractivity contribution in [2.45, 2.75) is 37.2 Å². The van der Waals surface area contributed by atoms with Crippen molar-refractivity contribution in [3.63, 3.8) is 0 Å². The summed E-state index contributed by atoms with van der Waals surface area (Å²) in [7, 11) is 0. The number of aryl methyl sites for hydroxylation is 1. The van der Waals surface area contributed by atoms with E-state index < -0.39 is 0 Å². The molecule has 0 aliphatic heterocycles. The van der Waals surface area contributed by atoms with Gasteiger partial charge in [-0.1, -0.05) is 72.8 Å². The summed E-state index contributed by atoms with van der Waals surface area (Å²) < 4.78 is 1.74. The van der Waals surface area contributed by atoms with Gasteiger partial charge < -0.3 is 5.32 Å². The van der Waals surface area contributed by atoms with Crippen molar-refractivity contribution in [2.24, 2.45) is 0 Å². The molecule has 0 aliphatic carbocycles. The standard InChI is InChI=1S/C27H26ClN3O2S/c1-2-15-29-25(32)21-10-13-23-24(17-21)30-27(34-18-20-8-11-22(28)12-9-20)31(26(23)33)16-14-19-6-4-3-5-7-19/h3-13,17H,2,14-16,18H2,1H3,(H,29,32). The summed E-state index contributed by atoms with van der Waals surface area (Å²) in [5, 5.41) is 4.71. The number of nitrogens with one attached hydrogen (secondary N) is 1. The van der Waals surface area contributed by atoms with Crippen LogP contribution in [0.3, 0.4) is 0 Å². The Balaban J connectivity index is 1.69. The summed E-state index contributed by atoms with van der Waals surface area (Å²) in [6.45, 7) is 3.13. The Kier molecular flexibility index (Phi) is 8.03. The molecule has 0 fully saturated rings. The Morgan fingerprint density at radius 1 is 1.03 bits per heavy atom. The molecule has 1 N–H and O–H groups in total. The molecule has 7 heteroatoms. The first kappa shape index (κ1) is 24.0.